The van der Waals surface area contributed by atoms with Crippen LogP contribution in [-0.2, 0) is 0 Å². The number of carbonyl (C=O) groups excluding carboxylic acids is 1. The van der Waals surface area contributed by atoms with Gasteiger partial charge >= 0.3 is 6.03 Å². The topological polar surface area (TPSA) is 41.1 Å². The second-order valence-electron chi connectivity index (χ2n) is 4.64. The highest BCUT2D eigenvalue weighted by molar-refractivity contribution is 6.30. The van der Waals surface area contributed by atoms with E-state index < -0.39 is 0 Å². The molecule has 0 bridgehead atoms. The van der Waals surface area contributed by atoms with Gasteiger partial charge in [-0.1, -0.05) is 44.5 Å². The first-order valence-corrected chi connectivity index (χ1v) is 7.30. The maximum atomic E-state index is 11.9. The molecule has 0 aliphatic carbocycles. The molecule has 4 heteroatoms. The van der Waals surface area contributed by atoms with Crippen molar-refractivity contribution in [3.63, 3.8) is 0 Å². The molecule has 2 N–H and O–H groups in total. The number of carbonyl (C=O) groups is 1. The summed E-state index contributed by atoms with van der Waals surface area (Å²) in [6.45, 7) is 6.20. The van der Waals surface area contributed by atoms with Crippen molar-refractivity contribution < 1.29 is 4.79 Å². The van der Waals surface area contributed by atoms with Crippen LogP contribution in [0.5, 0.6) is 0 Å². The van der Waals surface area contributed by atoms with Crippen LogP contribution in [0.4, 0.5) is 4.79 Å². The van der Waals surface area contributed by atoms with Gasteiger partial charge in [0, 0.05) is 11.1 Å². The Morgan fingerprint density at radius 3 is 2.11 bits per heavy atom. The molecule has 0 saturated heterocycles. The highest BCUT2D eigenvalue weighted by Crippen LogP contribution is 2.19. The molecule has 1 aromatic carbocycles. The molecule has 1 aromatic rings. The molecule has 0 spiro atoms. The molecule has 0 fully saturated rings. The van der Waals surface area contributed by atoms with Crippen molar-refractivity contribution in [1.29, 1.82) is 0 Å². The van der Waals surface area contributed by atoms with Crippen molar-refractivity contribution in [2.75, 3.05) is 0 Å². The second-order valence-corrected chi connectivity index (χ2v) is 5.08. The van der Waals surface area contributed by atoms with E-state index in [1.807, 2.05) is 24.3 Å². The summed E-state index contributed by atoms with van der Waals surface area (Å²) in [5, 5.41) is 6.70. The Hall–Kier alpha value is -1.22. The van der Waals surface area contributed by atoms with Gasteiger partial charge in [-0.3, -0.25) is 0 Å². The Morgan fingerprint density at radius 1 is 1.05 bits per heavy atom. The number of rotatable bonds is 6. The third-order valence-corrected chi connectivity index (χ3v) is 3.56. The van der Waals surface area contributed by atoms with Crippen LogP contribution in [0.3, 0.4) is 0 Å². The first-order chi connectivity index (χ1) is 9.10. The second kappa shape index (κ2) is 8.05. The first kappa shape index (κ1) is 15.8. The Balaban J connectivity index is 2.61. The lowest BCUT2D eigenvalue weighted by atomic mass is 10.1. The number of urea groups is 1. The van der Waals surface area contributed by atoms with Crippen molar-refractivity contribution in [1.82, 2.24) is 10.6 Å². The maximum absolute atomic E-state index is 11.9. The smallest absolute Gasteiger partial charge is 0.315 e. The van der Waals surface area contributed by atoms with Gasteiger partial charge in [-0.2, -0.15) is 0 Å². The van der Waals surface area contributed by atoms with Gasteiger partial charge in [-0.25, -0.2) is 4.79 Å². The summed E-state index contributed by atoms with van der Waals surface area (Å²) in [6, 6.07) is 7.76. The number of hydrogen-bond acceptors (Lipinski definition) is 1. The molecule has 0 saturated carbocycles. The molecule has 0 aromatic heterocycles. The standard InChI is InChI=1S/C15H23ClN2O/c1-4-13(5-2)17-15(19)18-14(6-3)11-7-9-12(16)10-8-11/h7-10,13-14H,4-6H2,1-3H3,(H2,17,18,19). The molecule has 1 atom stereocenters. The fraction of sp³-hybridized carbons (Fsp3) is 0.533. The van der Waals surface area contributed by atoms with Gasteiger partial charge < -0.3 is 10.6 Å². The van der Waals surface area contributed by atoms with Gasteiger partial charge in [0.05, 0.1) is 6.04 Å². The van der Waals surface area contributed by atoms with E-state index in [0.717, 1.165) is 24.8 Å². The Labute approximate surface area is 120 Å². The molecule has 0 radical (unpaired) electrons. The lowest BCUT2D eigenvalue weighted by Crippen LogP contribution is -2.42. The third kappa shape index (κ3) is 5.11. The summed E-state index contributed by atoms with van der Waals surface area (Å²) in [5.74, 6) is 0. The van der Waals surface area contributed by atoms with Crippen LogP contribution in [0.25, 0.3) is 0 Å². The van der Waals surface area contributed by atoms with E-state index in [9.17, 15) is 4.79 Å². The van der Waals surface area contributed by atoms with E-state index in [4.69, 9.17) is 11.6 Å². The van der Waals surface area contributed by atoms with Crippen molar-refractivity contribution in [3.05, 3.63) is 34.9 Å². The lowest BCUT2D eigenvalue weighted by molar-refractivity contribution is 0.232. The molecule has 2 amide bonds. The number of amides is 2. The van der Waals surface area contributed by atoms with E-state index in [1.54, 1.807) is 0 Å². The van der Waals surface area contributed by atoms with Crippen LogP contribution >= 0.6 is 11.6 Å². The minimum absolute atomic E-state index is 0.0200. The van der Waals surface area contributed by atoms with Crippen LogP contribution in [0, 0.1) is 0 Å². The number of nitrogens with one attached hydrogen (secondary N) is 2. The van der Waals surface area contributed by atoms with Gasteiger partial charge in [-0.15, -0.1) is 0 Å². The molecule has 3 nitrogen and oxygen atoms in total. The Kier molecular flexibility index (Phi) is 6.71. The van der Waals surface area contributed by atoms with Crippen molar-refractivity contribution >= 4 is 17.6 Å². The van der Waals surface area contributed by atoms with E-state index in [2.05, 4.69) is 31.4 Å². The molecule has 19 heavy (non-hydrogen) atoms. The molecule has 0 aliphatic rings. The molecule has 0 aliphatic heterocycles. The Morgan fingerprint density at radius 2 is 1.63 bits per heavy atom. The summed E-state index contributed by atoms with van der Waals surface area (Å²) in [6.07, 6.45) is 2.74. The minimum atomic E-state index is -0.101. The van der Waals surface area contributed by atoms with Crippen molar-refractivity contribution in [3.8, 4) is 0 Å². The first-order valence-electron chi connectivity index (χ1n) is 6.93. The molecule has 1 unspecified atom stereocenters. The monoisotopic (exact) mass is 282 g/mol. The fourth-order valence-electron chi connectivity index (χ4n) is 1.99. The number of hydrogen-bond donors (Lipinski definition) is 2. The highest BCUT2D eigenvalue weighted by Gasteiger charge is 2.14. The van der Waals surface area contributed by atoms with E-state index in [1.165, 1.54) is 0 Å². The van der Waals surface area contributed by atoms with E-state index in [-0.39, 0.29) is 18.1 Å². The Bertz CT molecular complexity index is 388. The van der Waals surface area contributed by atoms with Crippen molar-refractivity contribution in [2.45, 2.75) is 52.1 Å². The van der Waals surface area contributed by atoms with E-state index >= 15 is 0 Å². The third-order valence-electron chi connectivity index (χ3n) is 3.31. The van der Waals surface area contributed by atoms with Crippen LogP contribution in [0.15, 0.2) is 24.3 Å². The average Bonchev–Trinajstić information content (AvgIpc) is 2.43. The predicted molar refractivity (Wildman–Crippen MR) is 80.5 cm³/mol. The van der Waals surface area contributed by atoms with Gasteiger partial charge in [0.1, 0.15) is 0 Å². The molecule has 1 rings (SSSR count). The normalized spacial score (nSPS) is 12.3. The zero-order chi connectivity index (χ0) is 14.3. The van der Waals surface area contributed by atoms with Crippen LogP contribution < -0.4 is 10.6 Å². The summed E-state index contributed by atoms with van der Waals surface area (Å²) in [7, 11) is 0. The van der Waals surface area contributed by atoms with Gasteiger partial charge in [0.15, 0.2) is 0 Å². The fourth-order valence-corrected chi connectivity index (χ4v) is 2.12. The van der Waals surface area contributed by atoms with Crippen LogP contribution in [0.1, 0.15) is 51.6 Å². The summed E-state index contributed by atoms with van der Waals surface area (Å²) in [4.78, 5) is 11.9. The van der Waals surface area contributed by atoms with Gasteiger partial charge in [0.25, 0.3) is 0 Å². The molecular formula is C15H23ClN2O. The quantitative estimate of drug-likeness (QED) is 0.803. The summed E-state index contributed by atoms with van der Waals surface area (Å²) >= 11 is 5.87. The number of benzene rings is 1. The molecule has 106 valence electrons. The predicted octanol–water partition coefficient (Wildman–Crippen LogP) is 4.28. The highest BCUT2D eigenvalue weighted by atomic mass is 35.5. The largest absolute Gasteiger partial charge is 0.335 e. The maximum Gasteiger partial charge on any atom is 0.315 e. The summed E-state index contributed by atoms with van der Waals surface area (Å²) < 4.78 is 0. The molecular weight excluding hydrogens is 260 g/mol. The number of halogens is 1. The molecule has 0 heterocycles. The zero-order valence-electron chi connectivity index (χ0n) is 11.9. The minimum Gasteiger partial charge on any atom is -0.335 e. The van der Waals surface area contributed by atoms with Gasteiger partial charge in [-0.05, 0) is 37.0 Å². The lowest BCUT2D eigenvalue weighted by Gasteiger charge is -2.21. The zero-order valence-corrected chi connectivity index (χ0v) is 12.6. The van der Waals surface area contributed by atoms with Crippen LogP contribution in [-0.4, -0.2) is 12.1 Å². The van der Waals surface area contributed by atoms with Gasteiger partial charge in [0.2, 0.25) is 0 Å². The van der Waals surface area contributed by atoms with E-state index in [0.29, 0.717) is 5.02 Å². The average molecular weight is 283 g/mol. The SMILES string of the molecule is CCC(CC)NC(=O)NC(CC)c1ccc(Cl)cc1. The van der Waals surface area contributed by atoms with Crippen LogP contribution in [0.2, 0.25) is 5.02 Å². The summed E-state index contributed by atoms with van der Waals surface area (Å²) in [5.41, 5.74) is 1.08. The van der Waals surface area contributed by atoms with Crippen molar-refractivity contribution in [2.24, 2.45) is 0 Å².